The molecule has 0 bridgehead atoms. The highest BCUT2D eigenvalue weighted by Gasteiger charge is 2.23. The Morgan fingerprint density at radius 2 is 2.20 bits per heavy atom. The minimum absolute atomic E-state index is 0.346. The zero-order valence-electron chi connectivity index (χ0n) is 12.7. The maximum absolute atomic E-state index is 12.1. The quantitative estimate of drug-likeness (QED) is 0.825. The van der Waals surface area contributed by atoms with Crippen LogP contribution in [0, 0.1) is 11.8 Å². The molecule has 1 atom stereocenters. The van der Waals surface area contributed by atoms with Crippen LogP contribution in [0.15, 0.2) is 24.5 Å². The van der Waals surface area contributed by atoms with Crippen LogP contribution in [0.4, 0.5) is 0 Å². The number of pyridine rings is 1. The fraction of sp³-hybridized carbons (Fsp3) is 0.647. The van der Waals surface area contributed by atoms with Gasteiger partial charge in [0.25, 0.3) is 0 Å². The van der Waals surface area contributed by atoms with Gasteiger partial charge in [-0.15, -0.1) is 0 Å². The van der Waals surface area contributed by atoms with Gasteiger partial charge in [-0.25, -0.2) is 0 Å². The van der Waals surface area contributed by atoms with Gasteiger partial charge < -0.3 is 4.90 Å². The molecule has 1 saturated heterocycles. The van der Waals surface area contributed by atoms with E-state index in [1.165, 1.54) is 5.56 Å². The molecule has 1 aromatic heterocycles. The van der Waals surface area contributed by atoms with E-state index < -0.39 is 0 Å². The summed E-state index contributed by atoms with van der Waals surface area (Å²) in [5.74, 6) is 1.56. The Morgan fingerprint density at radius 1 is 1.45 bits per heavy atom. The molecular formula is C17H26N2O. The third-order valence-electron chi connectivity index (χ3n) is 4.43. The van der Waals surface area contributed by atoms with Crippen molar-refractivity contribution in [2.75, 3.05) is 13.1 Å². The summed E-state index contributed by atoms with van der Waals surface area (Å²) >= 11 is 0. The van der Waals surface area contributed by atoms with Crippen molar-refractivity contribution in [3.63, 3.8) is 0 Å². The fourth-order valence-electron chi connectivity index (χ4n) is 2.81. The number of nitrogens with zero attached hydrogens (tertiary/aromatic N) is 2. The fourth-order valence-corrected chi connectivity index (χ4v) is 2.81. The number of amides is 1. The molecule has 0 saturated carbocycles. The van der Waals surface area contributed by atoms with Gasteiger partial charge in [0.2, 0.25) is 5.91 Å². The zero-order chi connectivity index (χ0) is 14.4. The lowest BCUT2D eigenvalue weighted by molar-refractivity contribution is -0.133. The summed E-state index contributed by atoms with van der Waals surface area (Å²) in [5, 5.41) is 0. The third-order valence-corrected chi connectivity index (χ3v) is 4.43. The van der Waals surface area contributed by atoms with E-state index in [0.717, 1.165) is 38.8 Å². The van der Waals surface area contributed by atoms with E-state index in [9.17, 15) is 4.79 Å². The van der Waals surface area contributed by atoms with Crippen molar-refractivity contribution in [3.8, 4) is 0 Å². The van der Waals surface area contributed by atoms with Crippen LogP contribution in [0.5, 0.6) is 0 Å². The van der Waals surface area contributed by atoms with Gasteiger partial charge >= 0.3 is 0 Å². The summed E-state index contributed by atoms with van der Waals surface area (Å²) in [6.07, 6.45) is 8.93. The van der Waals surface area contributed by atoms with Gasteiger partial charge in [-0.2, -0.15) is 0 Å². The van der Waals surface area contributed by atoms with E-state index in [2.05, 4.69) is 29.8 Å². The molecule has 3 nitrogen and oxygen atoms in total. The Bertz CT molecular complexity index is 410. The minimum atomic E-state index is 0.346. The van der Waals surface area contributed by atoms with Crippen LogP contribution in [0.25, 0.3) is 0 Å². The van der Waals surface area contributed by atoms with Gasteiger partial charge in [0, 0.05) is 31.9 Å². The van der Waals surface area contributed by atoms with Crippen molar-refractivity contribution in [1.82, 2.24) is 9.88 Å². The third kappa shape index (κ3) is 4.32. The lowest BCUT2D eigenvalue weighted by Gasteiger charge is -2.32. The Hall–Kier alpha value is -1.38. The normalized spacial score (nSPS) is 18.0. The first-order chi connectivity index (χ1) is 9.69. The molecule has 1 aliphatic heterocycles. The maximum atomic E-state index is 12.1. The Balaban J connectivity index is 1.76. The smallest absolute Gasteiger partial charge is 0.222 e. The Kier molecular flexibility index (Phi) is 5.57. The van der Waals surface area contributed by atoms with Crippen LogP contribution in [0.3, 0.4) is 0 Å². The second-order valence-electron chi connectivity index (χ2n) is 6.11. The van der Waals surface area contributed by atoms with Gasteiger partial charge in [0.1, 0.15) is 0 Å². The number of carbonyl (C=O) groups excluding carboxylic acids is 1. The number of carbonyl (C=O) groups is 1. The van der Waals surface area contributed by atoms with E-state index in [4.69, 9.17) is 0 Å². The Labute approximate surface area is 122 Å². The van der Waals surface area contributed by atoms with E-state index in [0.29, 0.717) is 24.2 Å². The topological polar surface area (TPSA) is 33.2 Å². The highest BCUT2D eigenvalue weighted by molar-refractivity contribution is 5.76. The minimum Gasteiger partial charge on any atom is -0.343 e. The van der Waals surface area contributed by atoms with Crippen LogP contribution in [-0.2, 0) is 11.2 Å². The second-order valence-corrected chi connectivity index (χ2v) is 6.11. The Morgan fingerprint density at radius 3 is 2.80 bits per heavy atom. The molecule has 0 aromatic carbocycles. The van der Waals surface area contributed by atoms with Crippen LogP contribution in [0.2, 0.25) is 0 Å². The summed E-state index contributed by atoms with van der Waals surface area (Å²) in [6, 6.07) is 4.15. The molecule has 110 valence electrons. The lowest BCUT2D eigenvalue weighted by Crippen LogP contribution is -2.39. The summed E-state index contributed by atoms with van der Waals surface area (Å²) in [7, 11) is 0. The number of piperidine rings is 1. The van der Waals surface area contributed by atoms with Gasteiger partial charge in [-0.3, -0.25) is 9.78 Å². The van der Waals surface area contributed by atoms with Gasteiger partial charge in [-0.05, 0) is 42.7 Å². The van der Waals surface area contributed by atoms with Crippen molar-refractivity contribution < 1.29 is 4.79 Å². The van der Waals surface area contributed by atoms with Gasteiger partial charge in [-0.1, -0.05) is 26.3 Å². The molecule has 2 rings (SSSR count). The van der Waals surface area contributed by atoms with Crippen molar-refractivity contribution in [3.05, 3.63) is 30.1 Å². The maximum Gasteiger partial charge on any atom is 0.222 e. The summed E-state index contributed by atoms with van der Waals surface area (Å²) in [6.45, 7) is 6.17. The van der Waals surface area contributed by atoms with Crippen molar-refractivity contribution >= 4 is 5.91 Å². The molecule has 0 radical (unpaired) electrons. The zero-order valence-corrected chi connectivity index (χ0v) is 12.7. The standard InChI is InChI=1S/C17H26N2O/c1-3-14(2)11-17(20)19-9-6-15(7-10-19)12-16-5-4-8-18-13-16/h4-5,8,13-15H,3,6-7,9-12H2,1-2H3. The molecule has 1 amide bonds. The number of aromatic nitrogens is 1. The van der Waals surface area contributed by atoms with E-state index in [1.54, 1.807) is 0 Å². The summed E-state index contributed by atoms with van der Waals surface area (Å²) in [5.41, 5.74) is 1.32. The highest BCUT2D eigenvalue weighted by atomic mass is 16.2. The summed E-state index contributed by atoms with van der Waals surface area (Å²) < 4.78 is 0. The molecule has 0 aliphatic carbocycles. The highest BCUT2D eigenvalue weighted by Crippen LogP contribution is 2.22. The monoisotopic (exact) mass is 274 g/mol. The van der Waals surface area contributed by atoms with Crippen LogP contribution in [-0.4, -0.2) is 28.9 Å². The average molecular weight is 274 g/mol. The molecule has 20 heavy (non-hydrogen) atoms. The van der Waals surface area contributed by atoms with Crippen molar-refractivity contribution in [2.24, 2.45) is 11.8 Å². The van der Waals surface area contributed by atoms with Crippen LogP contribution >= 0.6 is 0 Å². The number of hydrogen-bond donors (Lipinski definition) is 0. The number of hydrogen-bond acceptors (Lipinski definition) is 2. The van der Waals surface area contributed by atoms with Gasteiger partial charge in [0.15, 0.2) is 0 Å². The molecule has 3 heteroatoms. The number of rotatable bonds is 5. The van der Waals surface area contributed by atoms with E-state index >= 15 is 0 Å². The van der Waals surface area contributed by atoms with Crippen molar-refractivity contribution in [2.45, 2.75) is 46.0 Å². The first kappa shape index (κ1) is 15.0. The molecular weight excluding hydrogens is 248 g/mol. The largest absolute Gasteiger partial charge is 0.343 e. The molecule has 0 spiro atoms. The summed E-state index contributed by atoms with van der Waals surface area (Å²) in [4.78, 5) is 18.4. The second kappa shape index (κ2) is 7.41. The SMILES string of the molecule is CCC(C)CC(=O)N1CCC(Cc2cccnc2)CC1. The van der Waals surface area contributed by atoms with Crippen molar-refractivity contribution in [1.29, 1.82) is 0 Å². The van der Waals surface area contributed by atoms with Gasteiger partial charge in [0.05, 0.1) is 0 Å². The average Bonchev–Trinajstić information content (AvgIpc) is 2.49. The molecule has 0 N–H and O–H groups in total. The lowest BCUT2D eigenvalue weighted by atomic mass is 9.90. The predicted octanol–water partition coefficient (Wildman–Crippen LogP) is 3.30. The number of likely N-dealkylation sites (tertiary alicyclic amines) is 1. The first-order valence-corrected chi connectivity index (χ1v) is 7.85. The predicted molar refractivity (Wildman–Crippen MR) is 81.3 cm³/mol. The van der Waals surface area contributed by atoms with Crippen LogP contribution < -0.4 is 0 Å². The molecule has 1 fully saturated rings. The first-order valence-electron chi connectivity index (χ1n) is 7.85. The molecule has 2 heterocycles. The van der Waals surface area contributed by atoms with Crippen LogP contribution in [0.1, 0.15) is 45.1 Å². The molecule has 1 aliphatic rings. The van der Waals surface area contributed by atoms with E-state index in [1.807, 2.05) is 18.5 Å². The molecule has 1 unspecified atom stereocenters. The van der Waals surface area contributed by atoms with E-state index in [-0.39, 0.29) is 0 Å². The molecule has 1 aromatic rings.